The fraction of sp³-hybridized carbons (Fsp3) is 0.130. The lowest BCUT2D eigenvalue weighted by Crippen LogP contribution is -2.16. The van der Waals surface area contributed by atoms with E-state index in [4.69, 9.17) is 4.74 Å². The Morgan fingerprint density at radius 2 is 1.86 bits per heavy atom. The van der Waals surface area contributed by atoms with E-state index in [0.717, 1.165) is 40.4 Å². The molecule has 0 unspecified atom stereocenters. The van der Waals surface area contributed by atoms with Crippen molar-refractivity contribution >= 4 is 17.8 Å². The molecule has 1 heterocycles. The molecule has 1 N–H and O–H groups in total. The highest BCUT2D eigenvalue weighted by molar-refractivity contribution is 5.77. The van der Waals surface area contributed by atoms with E-state index < -0.39 is 0 Å². The van der Waals surface area contributed by atoms with Crippen LogP contribution in [-0.2, 0) is 0 Å². The van der Waals surface area contributed by atoms with Gasteiger partial charge in [-0.1, -0.05) is 36.9 Å². The lowest BCUT2D eigenvalue weighted by atomic mass is 10.1. The van der Waals surface area contributed by atoms with Crippen molar-refractivity contribution in [1.82, 2.24) is 9.88 Å². The van der Waals surface area contributed by atoms with Crippen molar-refractivity contribution in [3.05, 3.63) is 84.7 Å². The zero-order chi connectivity index (χ0) is 19.9. The highest BCUT2D eigenvalue weighted by Gasteiger charge is 2.03. The zero-order valence-corrected chi connectivity index (χ0v) is 16.1. The van der Waals surface area contributed by atoms with Crippen molar-refractivity contribution in [3.63, 3.8) is 0 Å². The van der Waals surface area contributed by atoms with Gasteiger partial charge in [-0.2, -0.15) is 0 Å². The number of carbonyl (C=O) groups excluding carboxylic acids is 1. The van der Waals surface area contributed by atoms with Crippen molar-refractivity contribution in [3.8, 4) is 16.9 Å². The van der Waals surface area contributed by atoms with E-state index in [1.165, 1.54) is 0 Å². The summed E-state index contributed by atoms with van der Waals surface area (Å²) in [6, 6.07) is 19.1. The number of rotatable bonds is 8. The number of pyridine rings is 1. The van der Waals surface area contributed by atoms with Crippen molar-refractivity contribution in [2.75, 3.05) is 26.0 Å². The number of carbonyl (C=O) groups is 1. The lowest BCUT2D eigenvalue weighted by Gasteiger charge is -2.16. The van der Waals surface area contributed by atoms with Gasteiger partial charge in [-0.25, -0.2) is 4.98 Å². The Morgan fingerprint density at radius 1 is 1.11 bits per heavy atom. The van der Waals surface area contributed by atoms with Gasteiger partial charge < -0.3 is 15.0 Å². The average molecular weight is 373 g/mol. The van der Waals surface area contributed by atoms with Crippen LogP contribution in [0.5, 0.6) is 5.75 Å². The number of ether oxygens (including phenoxy) is 1. The van der Waals surface area contributed by atoms with Crippen LogP contribution < -0.4 is 10.1 Å². The van der Waals surface area contributed by atoms with Crippen LogP contribution in [0.2, 0.25) is 0 Å². The topological polar surface area (TPSA) is 54.5 Å². The fourth-order valence-electron chi connectivity index (χ4n) is 2.50. The van der Waals surface area contributed by atoms with Gasteiger partial charge in [0.15, 0.2) is 0 Å². The van der Waals surface area contributed by atoms with Crippen LogP contribution in [0.25, 0.3) is 11.1 Å². The van der Waals surface area contributed by atoms with Crippen LogP contribution in [0, 0.1) is 0 Å². The first-order valence-electron chi connectivity index (χ1n) is 8.92. The van der Waals surface area contributed by atoms with Crippen molar-refractivity contribution < 1.29 is 9.53 Å². The summed E-state index contributed by atoms with van der Waals surface area (Å²) < 4.78 is 5.78. The van der Waals surface area contributed by atoms with Gasteiger partial charge in [0.05, 0.1) is 0 Å². The molecule has 0 aliphatic heterocycles. The predicted molar refractivity (Wildman–Crippen MR) is 113 cm³/mol. The Balaban J connectivity index is 1.66. The molecule has 28 heavy (non-hydrogen) atoms. The smallest absolute Gasteiger partial charge is 0.150 e. The van der Waals surface area contributed by atoms with Gasteiger partial charge in [0.1, 0.15) is 24.5 Å². The maximum atomic E-state index is 10.8. The Morgan fingerprint density at radius 3 is 2.50 bits per heavy atom. The van der Waals surface area contributed by atoms with Gasteiger partial charge in [-0.05, 0) is 29.8 Å². The first-order chi connectivity index (χ1) is 13.5. The minimum atomic E-state index is 0.437. The second-order valence-electron chi connectivity index (χ2n) is 6.57. The highest BCUT2D eigenvalue weighted by Crippen LogP contribution is 2.23. The molecule has 0 saturated heterocycles. The Hall–Kier alpha value is -3.60. The monoisotopic (exact) mass is 373 g/mol. The minimum absolute atomic E-state index is 0.437. The average Bonchev–Trinajstić information content (AvgIpc) is 2.73. The van der Waals surface area contributed by atoms with E-state index in [9.17, 15) is 4.79 Å². The summed E-state index contributed by atoms with van der Waals surface area (Å²) in [6.45, 7) is 4.40. The molecule has 3 rings (SSSR count). The number of aromatic nitrogens is 1. The Bertz CT molecular complexity index is 948. The fourth-order valence-corrected chi connectivity index (χ4v) is 2.50. The molecule has 5 nitrogen and oxygen atoms in total. The number of hydrogen-bond donors (Lipinski definition) is 1. The van der Waals surface area contributed by atoms with Crippen LogP contribution >= 0.6 is 0 Å². The summed E-state index contributed by atoms with van der Waals surface area (Å²) in [4.78, 5) is 17.2. The van der Waals surface area contributed by atoms with Crippen LogP contribution in [0.4, 0.5) is 11.5 Å². The summed E-state index contributed by atoms with van der Waals surface area (Å²) in [7, 11) is 3.88. The number of anilines is 2. The molecular formula is C23H23N3O2. The van der Waals surface area contributed by atoms with E-state index in [0.29, 0.717) is 12.2 Å². The lowest BCUT2D eigenvalue weighted by molar-refractivity contribution is 0.112. The molecule has 0 spiro atoms. The first-order valence-corrected chi connectivity index (χ1v) is 8.92. The van der Waals surface area contributed by atoms with E-state index in [2.05, 4.69) is 16.9 Å². The molecule has 0 fully saturated rings. The third-order valence-corrected chi connectivity index (χ3v) is 4.29. The van der Waals surface area contributed by atoms with E-state index >= 15 is 0 Å². The number of nitrogens with one attached hydrogen (secondary N) is 1. The van der Waals surface area contributed by atoms with Gasteiger partial charge >= 0.3 is 0 Å². The number of hydrogen-bond acceptors (Lipinski definition) is 5. The normalized spacial score (nSPS) is 10.2. The number of nitrogens with zero attached hydrogens (tertiary/aromatic N) is 2. The van der Waals surface area contributed by atoms with E-state index in [1.54, 1.807) is 18.3 Å². The Labute approximate surface area is 165 Å². The molecule has 1 aromatic heterocycles. The molecule has 5 heteroatoms. The van der Waals surface area contributed by atoms with Gasteiger partial charge in [0, 0.05) is 48.9 Å². The number of benzene rings is 2. The second-order valence-corrected chi connectivity index (χ2v) is 6.57. The van der Waals surface area contributed by atoms with Crippen LogP contribution in [0.1, 0.15) is 10.4 Å². The van der Waals surface area contributed by atoms with Crippen molar-refractivity contribution in [2.45, 2.75) is 0 Å². The third kappa shape index (κ3) is 4.98. The molecule has 0 saturated carbocycles. The standard InChI is InChI=1S/C23H23N3O2/c1-17(26(2)3)16-28-22-6-4-5-21(13-22)25-23-12-11-20(14-24-23)19-9-7-18(15-27)8-10-19/h4-15H,1,16H2,2-3H3,(H,24,25). The molecule has 2 aromatic carbocycles. The molecule has 0 radical (unpaired) electrons. The third-order valence-electron chi connectivity index (χ3n) is 4.29. The van der Waals surface area contributed by atoms with Gasteiger partial charge in [-0.3, -0.25) is 4.79 Å². The summed E-state index contributed by atoms with van der Waals surface area (Å²) in [5.74, 6) is 1.50. The van der Waals surface area contributed by atoms with Crippen molar-refractivity contribution in [1.29, 1.82) is 0 Å². The van der Waals surface area contributed by atoms with Crippen LogP contribution in [0.15, 0.2) is 79.1 Å². The van der Waals surface area contributed by atoms with Gasteiger partial charge in [0.2, 0.25) is 0 Å². The molecule has 0 aliphatic rings. The SMILES string of the molecule is C=C(COc1cccc(Nc2ccc(-c3ccc(C=O)cc3)cn2)c1)N(C)C. The molecular weight excluding hydrogens is 350 g/mol. The molecule has 3 aromatic rings. The highest BCUT2D eigenvalue weighted by atomic mass is 16.5. The number of likely N-dealkylation sites (N-methyl/N-ethyl adjacent to an activating group) is 1. The van der Waals surface area contributed by atoms with E-state index in [-0.39, 0.29) is 0 Å². The molecule has 142 valence electrons. The Kier molecular flexibility index (Phi) is 6.07. The minimum Gasteiger partial charge on any atom is -0.487 e. The second kappa shape index (κ2) is 8.86. The number of aldehydes is 1. The molecule has 0 aliphatic carbocycles. The summed E-state index contributed by atoms with van der Waals surface area (Å²) in [5, 5.41) is 3.28. The maximum absolute atomic E-state index is 10.8. The summed E-state index contributed by atoms with van der Waals surface area (Å²) >= 11 is 0. The summed E-state index contributed by atoms with van der Waals surface area (Å²) in [5.41, 5.74) is 4.45. The van der Waals surface area contributed by atoms with Crippen molar-refractivity contribution in [2.24, 2.45) is 0 Å². The quantitative estimate of drug-likeness (QED) is 0.577. The summed E-state index contributed by atoms with van der Waals surface area (Å²) in [6.07, 6.45) is 2.64. The maximum Gasteiger partial charge on any atom is 0.150 e. The zero-order valence-electron chi connectivity index (χ0n) is 16.1. The molecule has 0 amide bonds. The molecule has 0 atom stereocenters. The predicted octanol–water partition coefficient (Wildman–Crippen LogP) is 4.76. The molecule has 0 bridgehead atoms. The van der Waals surface area contributed by atoms with E-state index in [1.807, 2.05) is 67.5 Å². The first kappa shape index (κ1) is 19.2. The van der Waals surface area contributed by atoms with Gasteiger partial charge in [-0.15, -0.1) is 0 Å². The largest absolute Gasteiger partial charge is 0.487 e. The van der Waals surface area contributed by atoms with Gasteiger partial charge in [0.25, 0.3) is 0 Å². The van der Waals surface area contributed by atoms with Crippen LogP contribution in [0.3, 0.4) is 0 Å². The van der Waals surface area contributed by atoms with Crippen LogP contribution in [-0.4, -0.2) is 36.9 Å².